The van der Waals surface area contributed by atoms with Gasteiger partial charge in [0.05, 0.1) is 12.8 Å². The maximum Gasteiger partial charge on any atom is 0.118 e. The van der Waals surface area contributed by atoms with Crippen molar-refractivity contribution in [2.24, 2.45) is 7.05 Å². The van der Waals surface area contributed by atoms with Crippen LogP contribution in [-0.2, 0) is 13.5 Å². The van der Waals surface area contributed by atoms with Crippen LogP contribution in [0.5, 0.6) is 5.75 Å². The summed E-state index contributed by atoms with van der Waals surface area (Å²) in [7, 11) is 3.62. The van der Waals surface area contributed by atoms with E-state index in [1.807, 2.05) is 36.0 Å². The summed E-state index contributed by atoms with van der Waals surface area (Å²) in [6.07, 6.45) is 3.06. The third-order valence-corrected chi connectivity index (χ3v) is 2.65. The van der Waals surface area contributed by atoms with E-state index in [1.54, 1.807) is 7.11 Å². The van der Waals surface area contributed by atoms with Gasteiger partial charge < -0.3 is 4.74 Å². The van der Waals surface area contributed by atoms with Gasteiger partial charge in [-0.1, -0.05) is 6.92 Å². The van der Waals surface area contributed by atoms with E-state index in [0.29, 0.717) is 0 Å². The van der Waals surface area contributed by atoms with Crippen molar-refractivity contribution in [3.8, 4) is 17.0 Å². The zero-order valence-corrected chi connectivity index (χ0v) is 9.90. The fourth-order valence-corrected chi connectivity index (χ4v) is 1.79. The third-order valence-electron chi connectivity index (χ3n) is 2.65. The monoisotopic (exact) mass is 216 g/mol. The van der Waals surface area contributed by atoms with Crippen molar-refractivity contribution in [1.29, 1.82) is 0 Å². The maximum absolute atomic E-state index is 5.14. The number of aromatic nitrogens is 2. The summed E-state index contributed by atoms with van der Waals surface area (Å²) in [5, 5.41) is 4.48. The molecule has 0 saturated heterocycles. The highest BCUT2D eigenvalue weighted by Gasteiger charge is 2.08. The van der Waals surface area contributed by atoms with Crippen LogP contribution in [0, 0.1) is 0 Å². The van der Waals surface area contributed by atoms with Gasteiger partial charge in [0.2, 0.25) is 0 Å². The summed E-state index contributed by atoms with van der Waals surface area (Å²) in [5.41, 5.74) is 3.47. The molecule has 0 aliphatic carbocycles. The van der Waals surface area contributed by atoms with Crippen LogP contribution in [0.3, 0.4) is 0 Å². The fourth-order valence-electron chi connectivity index (χ4n) is 1.79. The number of hydrogen-bond acceptors (Lipinski definition) is 2. The first-order chi connectivity index (χ1) is 7.74. The lowest BCUT2D eigenvalue weighted by Gasteiger charge is -2.02. The summed E-state index contributed by atoms with van der Waals surface area (Å²) in [6.45, 7) is 2.14. The number of hydrogen-bond donors (Lipinski definition) is 0. The van der Waals surface area contributed by atoms with Gasteiger partial charge in [0.15, 0.2) is 0 Å². The quantitative estimate of drug-likeness (QED) is 0.788. The summed E-state index contributed by atoms with van der Waals surface area (Å²) in [6, 6.07) is 8.01. The van der Waals surface area contributed by atoms with Crippen molar-refractivity contribution in [3.63, 3.8) is 0 Å². The van der Waals surface area contributed by atoms with Crippen LogP contribution in [-0.4, -0.2) is 16.9 Å². The molecule has 0 aliphatic rings. The fraction of sp³-hybridized carbons (Fsp3) is 0.308. The van der Waals surface area contributed by atoms with E-state index in [9.17, 15) is 0 Å². The smallest absolute Gasteiger partial charge is 0.118 e. The standard InChI is InChI=1S/C13H16N2O/c1-4-10-9-15(2)14-13(10)11-5-7-12(16-3)8-6-11/h5-9H,4H2,1-3H3. The molecule has 0 atom stereocenters. The topological polar surface area (TPSA) is 27.1 Å². The van der Waals surface area contributed by atoms with Gasteiger partial charge in [-0.3, -0.25) is 4.68 Å². The summed E-state index contributed by atoms with van der Waals surface area (Å²) < 4.78 is 7.00. The number of aryl methyl sites for hydroxylation is 2. The molecule has 1 aromatic carbocycles. The highest BCUT2D eigenvalue weighted by atomic mass is 16.5. The molecular weight excluding hydrogens is 200 g/mol. The molecule has 0 aliphatic heterocycles. The molecule has 0 saturated carbocycles. The van der Waals surface area contributed by atoms with Crippen molar-refractivity contribution in [2.45, 2.75) is 13.3 Å². The molecule has 84 valence electrons. The molecule has 1 heterocycles. The van der Waals surface area contributed by atoms with Crippen LogP contribution >= 0.6 is 0 Å². The molecule has 3 nitrogen and oxygen atoms in total. The minimum Gasteiger partial charge on any atom is -0.497 e. The minimum atomic E-state index is 0.873. The highest BCUT2D eigenvalue weighted by Crippen LogP contribution is 2.24. The average Bonchev–Trinajstić information content (AvgIpc) is 2.70. The first-order valence-electron chi connectivity index (χ1n) is 5.41. The second-order valence-corrected chi connectivity index (χ2v) is 3.76. The Hall–Kier alpha value is -1.77. The Bertz CT molecular complexity index is 471. The van der Waals surface area contributed by atoms with Crippen LogP contribution in [0.25, 0.3) is 11.3 Å². The summed E-state index contributed by atoms with van der Waals surface area (Å²) >= 11 is 0. The van der Waals surface area contributed by atoms with Gasteiger partial charge in [-0.05, 0) is 36.2 Å². The number of benzene rings is 1. The molecule has 16 heavy (non-hydrogen) atoms. The van der Waals surface area contributed by atoms with Crippen LogP contribution in [0.15, 0.2) is 30.5 Å². The second kappa shape index (κ2) is 4.39. The van der Waals surface area contributed by atoms with Gasteiger partial charge in [-0.2, -0.15) is 5.10 Å². The molecule has 0 spiro atoms. The van der Waals surface area contributed by atoms with E-state index in [0.717, 1.165) is 23.4 Å². The number of methoxy groups -OCH3 is 1. The van der Waals surface area contributed by atoms with Crippen LogP contribution in [0.1, 0.15) is 12.5 Å². The zero-order chi connectivity index (χ0) is 11.5. The number of nitrogens with zero attached hydrogens (tertiary/aromatic N) is 2. The zero-order valence-electron chi connectivity index (χ0n) is 9.90. The Kier molecular flexibility index (Phi) is 2.95. The van der Waals surface area contributed by atoms with Crippen molar-refractivity contribution < 1.29 is 4.74 Å². The molecule has 0 bridgehead atoms. The second-order valence-electron chi connectivity index (χ2n) is 3.76. The first kappa shape index (κ1) is 10.7. The lowest BCUT2D eigenvalue weighted by molar-refractivity contribution is 0.415. The van der Waals surface area contributed by atoms with E-state index in [1.165, 1.54) is 5.56 Å². The molecule has 0 N–H and O–H groups in total. The Morgan fingerprint density at radius 1 is 1.25 bits per heavy atom. The van der Waals surface area contributed by atoms with Gasteiger partial charge in [-0.15, -0.1) is 0 Å². The van der Waals surface area contributed by atoms with Gasteiger partial charge in [0.25, 0.3) is 0 Å². The van der Waals surface area contributed by atoms with Crippen LogP contribution < -0.4 is 4.74 Å². The van der Waals surface area contributed by atoms with Crippen LogP contribution in [0.4, 0.5) is 0 Å². The Morgan fingerprint density at radius 2 is 1.94 bits per heavy atom. The molecule has 0 radical (unpaired) electrons. The lowest BCUT2D eigenvalue weighted by atomic mass is 10.1. The van der Waals surface area contributed by atoms with Crippen molar-refractivity contribution in [1.82, 2.24) is 9.78 Å². The van der Waals surface area contributed by atoms with Crippen molar-refractivity contribution in [2.75, 3.05) is 7.11 Å². The van der Waals surface area contributed by atoms with E-state index < -0.39 is 0 Å². The molecule has 0 amide bonds. The van der Waals surface area contributed by atoms with Gasteiger partial charge >= 0.3 is 0 Å². The summed E-state index contributed by atoms with van der Waals surface area (Å²) in [5.74, 6) is 0.873. The van der Waals surface area contributed by atoms with Crippen molar-refractivity contribution in [3.05, 3.63) is 36.0 Å². The number of rotatable bonds is 3. The SMILES string of the molecule is CCc1cn(C)nc1-c1ccc(OC)cc1. The first-order valence-corrected chi connectivity index (χ1v) is 5.41. The van der Waals surface area contributed by atoms with Crippen LogP contribution in [0.2, 0.25) is 0 Å². The Balaban J connectivity index is 2.41. The Morgan fingerprint density at radius 3 is 2.50 bits per heavy atom. The molecule has 2 aromatic rings. The largest absolute Gasteiger partial charge is 0.497 e. The van der Waals surface area contributed by atoms with E-state index >= 15 is 0 Å². The van der Waals surface area contributed by atoms with Gasteiger partial charge in [-0.25, -0.2) is 0 Å². The number of ether oxygens (including phenoxy) is 1. The molecule has 0 unspecified atom stereocenters. The lowest BCUT2D eigenvalue weighted by Crippen LogP contribution is -1.88. The van der Waals surface area contributed by atoms with Gasteiger partial charge in [0.1, 0.15) is 5.75 Å². The highest BCUT2D eigenvalue weighted by molar-refractivity contribution is 5.63. The van der Waals surface area contributed by atoms with Crippen molar-refractivity contribution >= 4 is 0 Å². The molecule has 3 heteroatoms. The molecular formula is C13H16N2O. The molecule has 2 rings (SSSR count). The Labute approximate surface area is 95.7 Å². The van der Waals surface area contributed by atoms with E-state index in [-0.39, 0.29) is 0 Å². The van der Waals surface area contributed by atoms with Gasteiger partial charge in [0, 0.05) is 18.8 Å². The predicted molar refractivity (Wildman–Crippen MR) is 64.6 cm³/mol. The average molecular weight is 216 g/mol. The molecule has 1 aromatic heterocycles. The molecule has 0 fully saturated rings. The minimum absolute atomic E-state index is 0.873. The maximum atomic E-state index is 5.14. The van der Waals surface area contributed by atoms with E-state index in [4.69, 9.17) is 4.74 Å². The summed E-state index contributed by atoms with van der Waals surface area (Å²) in [4.78, 5) is 0. The van der Waals surface area contributed by atoms with E-state index in [2.05, 4.69) is 18.2 Å². The predicted octanol–water partition coefficient (Wildman–Crippen LogP) is 2.66. The third kappa shape index (κ3) is 1.94. The normalized spacial score (nSPS) is 10.4.